The van der Waals surface area contributed by atoms with Crippen LogP contribution in [0.3, 0.4) is 0 Å². The second kappa shape index (κ2) is 10.1. The number of amides is 1. The van der Waals surface area contributed by atoms with Gasteiger partial charge in [0.05, 0.1) is 30.5 Å². The second-order valence-electron chi connectivity index (χ2n) is 6.96. The highest BCUT2D eigenvalue weighted by Crippen LogP contribution is 2.35. The van der Waals surface area contributed by atoms with Crippen molar-refractivity contribution in [2.24, 2.45) is 10.2 Å². The summed E-state index contributed by atoms with van der Waals surface area (Å²) >= 11 is 1.19. The molecule has 168 valence electrons. The molecular formula is C24H21N3O5S. The van der Waals surface area contributed by atoms with Gasteiger partial charge >= 0.3 is 0 Å². The number of furan rings is 1. The van der Waals surface area contributed by atoms with Crippen LogP contribution in [0.2, 0.25) is 0 Å². The van der Waals surface area contributed by atoms with Crippen molar-refractivity contribution in [2.75, 3.05) is 6.61 Å². The number of hydrogen-bond donors (Lipinski definition) is 2. The first-order valence-electron chi connectivity index (χ1n) is 10.1. The molecule has 33 heavy (non-hydrogen) atoms. The molecule has 0 radical (unpaired) electrons. The van der Waals surface area contributed by atoms with Gasteiger partial charge in [0.1, 0.15) is 11.5 Å². The summed E-state index contributed by atoms with van der Waals surface area (Å²) in [4.78, 5) is 15.1. The van der Waals surface area contributed by atoms with Crippen LogP contribution in [-0.2, 0) is 11.3 Å². The zero-order chi connectivity index (χ0) is 23.2. The molecule has 1 saturated heterocycles. The molecule has 4 rings (SSSR count). The lowest BCUT2D eigenvalue weighted by molar-refractivity contribution is -0.122. The topological polar surface area (TPSA) is 108 Å². The van der Waals surface area contributed by atoms with Gasteiger partial charge in [0, 0.05) is 0 Å². The van der Waals surface area contributed by atoms with Crippen LogP contribution in [0.1, 0.15) is 23.8 Å². The van der Waals surface area contributed by atoms with Gasteiger partial charge in [0.15, 0.2) is 16.7 Å². The first-order valence-corrected chi connectivity index (χ1v) is 10.9. The van der Waals surface area contributed by atoms with Crippen LogP contribution in [0.15, 0.2) is 80.4 Å². The van der Waals surface area contributed by atoms with Gasteiger partial charge in [0.25, 0.3) is 5.91 Å². The van der Waals surface area contributed by atoms with E-state index in [1.54, 1.807) is 67.1 Å². The summed E-state index contributed by atoms with van der Waals surface area (Å²) in [6.45, 7) is 2.45. The molecule has 0 bridgehead atoms. The number of ether oxygens (including phenoxy) is 1. The van der Waals surface area contributed by atoms with Gasteiger partial charge in [-0.25, -0.2) is 0 Å². The van der Waals surface area contributed by atoms with E-state index in [1.165, 1.54) is 22.7 Å². The molecule has 9 heteroatoms. The number of carbonyl (C=O) groups excluding carboxylic acids is 1. The molecule has 1 aliphatic heterocycles. The van der Waals surface area contributed by atoms with Crippen molar-refractivity contribution in [1.29, 1.82) is 0 Å². The molecule has 0 atom stereocenters. The van der Waals surface area contributed by atoms with Gasteiger partial charge in [-0.05, 0) is 84.4 Å². The maximum Gasteiger partial charge on any atom is 0.267 e. The predicted octanol–water partition coefficient (Wildman–Crippen LogP) is 4.60. The average Bonchev–Trinajstić information content (AvgIpc) is 3.42. The third kappa shape index (κ3) is 5.45. The zero-order valence-corrected chi connectivity index (χ0v) is 18.5. The summed E-state index contributed by atoms with van der Waals surface area (Å²) in [5.74, 6) is 0.929. The lowest BCUT2D eigenvalue weighted by Gasteiger charge is -2.12. The standard InChI is InChI=1S/C24H21N3O5S/c1-2-31-21-12-17(7-10-20(21)29)13-22-23(30)27(15-19-4-3-11-32-19)24(33-22)26-25-14-16-5-8-18(28)9-6-16/h3-14,28-29H,2,15H2,1H3/b22-13-,25-14-,26-24+. The summed E-state index contributed by atoms with van der Waals surface area (Å²) in [5, 5.41) is 28.1. The van der Waals surface area contributed by atoms with E-state index in [1.807, 2.05) is 6.92 Å². The average molecular weight is 464 g/mol. The van der Waals surface area contributed by atoms with E-state index in [-0.39, 0.29) is 24.0 Å². The molecule has 2 aromatic carbocycles. The number of amidine groups is 1. The van der Waals surface area contributed by atoms with Crippen molar-refractivity contribution in [3.63, 3.8) is 0 Å². The second-order valence-corrected chi connectivity index (χ2v) is 7.97. The summed E-state index contributed by atoms with van der Waals surface area (Å²) < 4.78 is 10.8. The molecular weight excluding hydrogens is 442 g/mol. The smallest absolute Gasteiger partial charge is 0.267 e. The number of nitrogens with zero attached hydrogens (tertiary/aromatic N) is 3. The minimum Gasteiger partial charge on any atom is -0.508 e. The van der Waals surface area contributed by atoms with Crippen LogP contribution in [0.5, 0.6) is 17.2 Å². The molecule has 2 N–H and O–H groups in total. The van der Waals surface area contributed by atoms with Gasteiger partial charge in [-0.3, -0.25) is 9.69 Å². The number of hydrogen-bond acceptors (Lipinski definition) is 8. The number of benzene rings is 2. The first kappa shape index (κ1) is 22.2. The van der Waals surface area contributed by atoms with Crippen LogP contribution < -0.4 is 4.74 Å². The fourth-order valence-corrected chi connectivity index (χ4v) is 3.96. The maximum atomic E-state index is 13.1. The molecule has 0 spiro atoms. The Balaban J connectivity index is 1.62. The fraction of sp³-hybridized carbons (Fsp3) is 0.125. The van der Waals surface area contributed by atoms with Crippen LogP contribution in [0.25, 0.3) is 6.08 Å². The lowest BCUT2D eigenvalue weighted by Crippen LogP contribution is -2.28. The van der Waals surface area contributed by atoms with E-state index in [2.05, 4.69) is 10.2 Å². The van der Waals surface area contributed by atoms with Gasteiger partial charge in [0.2, 0.25) is 0 Å². The van der Waals surface area contributed by atoms with E-state index in [0.717, 1.165) is 5.56 Å². The Morgan fingerprint density at radius 2 is 1.91 bits per heavy atom. The first-order chi connectivity index (χ1) is 16.0. The number of carbonyl (C=O) groups is 1. The molecule has 0 saturated carbocycles. The number of rotatable bonds is 7. The van der Waals surface area contributed by atoms with Gasteiger partial charge in [-0.15, -0.1) is 5.10 Å². The molecule has 8 nitrogen and oxygen atoms in total. The quantitative estimate of drug-likeness (QED) is 0.301. The summed E-state index contributed by atoms with van der Waals surface area (Å²) in [5.41, 5.74) is 1.46. The normalized spacial score (nSPS) is 16.4. The third-order valence-electron chi connectivity index (χ3n) is 4.61. The minimum atomic E-state index is -0.235. The van der Waals surface area contributed by atoms with Crippen molar-refractivity contribution < 1.29 is 24.2 Å². The van der Waals surface area contributed by atoms with E-state index in [0.29, 0.717) is 33.8 Å². The Morgan fingerprint density at radius 1 is 1.12 bits per heavy atom. The highest BCUT2D eigenvalue weighted by atomic mass is 32.2. The van der Waals surface area contributed by atoms with Crippen molar-refractivity contribution in [3.8, 4) is 17.2 Å². The number of aromatic hydroxyl groups is 2. The van der Waals surface area contributed by atoms with Crippen LogP contribution in [0, 0.1) is 0 Å². The molecule has 1 amide bonds. The Bertz CT molecular complexity index is 1220. The highest BCUT2D eigenvalue weighted by molar-refractivity contribution is 8.18. The molecule has 2 heterocycles. The van der Waals surface area contributed by atoms with Crippen LogP contribution in [-0.4, -0.2) is 39.0 Å². The van der Waals surface area contributed by atoms with Gasteiger partial charge in [-0.1, -0.05) is 6.07 Å². The van der Waals surface area contributed by atoms with E-state index in [4.69, 9.17) is 9.15 Å². The highest BCUT2D eigenvalue weighted by Gasteiger charge is 2.34. The van der Waals surface area contributed by atoms with Gasteiger partial charge in [-0.2, -0.15) is 5.10 Å². The summed E-state index contributed by atoms with van der Waals surface area (Å²) in [7, 11) is 0. The summed E-state index contributed by atoms with van der Waals surface area (Å²) in [6.07, 6.45) is 4.81. The molecule has 1 fully saturated rings. The fourth-order valence-electron chi connectivity index (χ4n) is 3.03. The Kier molecular flexibility index (Phi) is 6.80. The van der Waals surface area contributed by atoms with Crippen molar-refractivity contribution in [1.82, 2.24) is 4.90 Å². The predicted molar refractivity (Wildman–Crippen MR) is 127 cm³/mol. The molecule has 3 aromatic rings. The third-order valence-corrected chi connectivity index (χ3v) is 5.60. The summed E-state index contributed by atoms with van der Waals surface area (Å²) in [6, 6.07) is 15.0. The van der Waals surface area contributed by atoms with Crippen LogP contribution >= 0.6 is 11.8 Å². The number of phenols is 2. The SMILES string of the molecule is CCOc1cc(/C=C2\S/C(=N/N=C\c3ccc(O)cc3)N(Cc3ccco3)C2=O)ccc1O. The number of phenolic OH excluding ortho intramolecular Hbond substituents is 2. The zero-order valence-electron chi connectivity index (χ0n) is 17.7. The van der Waals surface area contributed by atoms with Crippen molar-refractivity contribution in [3.05, 3.63) is 82.7 Å². The monoisotopic (exact) mass is 463 g/mol. The maximum absolute atomic E-state index is 13.1. The largest absolute Gasteiger partial charge is 0.508 e. The van der Waals surface area contributed by atoms with Gasteiger partial charge < -0.3 is 19.4 Å². The van der Waals surface area contributed by atoms with Crippen molar-refractivity contribution in [2.45, 2.75) is 13.5 Å². The Hall–Kier alpha value is -3.98. The molecule has 0 aliphatic carbocycles. The molecule has 1 aromatic heterocycles. The van der Waals surface area contributed by atoms with E-state index >= 15 is 0 Å². The van der Waals surface area contributed by atoms with E-state index in [9.17, 15) is 15.0 Å². The molecule has 1 aliphatic rings. The van der Waals surface area contributed by atoms with E-state index < -0.39 is 0 Å². The van der Waals surface area contributed by atoms with Crippen molar-refractivity contribution >= 4 is 35.1 Å². The lowest BCUT2D eigenvalue weighted by atomic mass is 10.2. The molecule has 0 unspecified atom stereocenters. The Labute approximate surface area is 194 Å². The van der Waals surface area contributed by atoms with Crippen LogP contribution in [0.4, 0.5) is 0 Å². The number of thioether (sulfide) groups is 1. The Morgan fingerprint density at radius 3 is 2.64 bits per heavy atom. The minimum absolute atomic E-state index is 0.0367.